The van der Waals surface area contributed by atoms with Crippen LogP contribution in [0.3, 0.4) is 0 Å². The molecule has 1 aliphatic heterocycles. The van der Waals surface area contributed by atoms with E-state index in [4.69, 9.17) is 0 Å². The maximum absolute atomic E-state index is 11.3. The molecule has 1 heterocycles. The lowest BCUT2D eigenvalue weighted by atomic mass is 10.1. The summed E-state index contributed by atoms with van der Waals surface area (Å²) in [6.07, 6.45) is 7.58. The molecule has 2 aliphatic rings. The molecule has 0 spiro atoms. The second kappa shape index (κ2) is 3.24. The average Bonchev–Trinajstić information content (AvgIpc) is 2.31. The van der Waals surface area contributed by atoms with Crippen molar-refractivity contribution in [2.24, 2.45) is 0 Å². The molecule has 0 saturated heterocycles. The molecule has 0 aromatic rings. The molecule has 1 aliphatic carbocycles. The van der Waals surface area contributed by atoms with E-state index in [-0.39, 0.29) is 6.03 Å². The minimum atomic E-state index is 0.0223. The fourth-order valence-corrected chi connectivity index (χ4v) is 1.73. The van der Waals surface area contributed by atoms with Crippen LogP contribution < -0.4 is 5.32 Å². The second-order valence-electron chi connectivity index (χ2n) is 3.58. The second-order valence-corrected chi connectivity index (χ2v) is 3.58. The average molecular weight is 178 g/mol. The number of nitrogens with one attached hydrogen (secondary N) is 1. The van der Waals surface area contributed by atoms with E-state index in [1.165, 1.54) is 5.57 Å². The Morgan fingerprint density at radius 1 is 1.54 bits per heavy atom. The summed E-state index contributed by atoms with van der Waals surface area (Å²) in [4.78, 5) is 13.0. The molecule has 0 radical (unpaired) electrons. The number of allylic oxidation sites excluding steroid dienone is 2. The highest BCUT2D eigenvalue weighted by Gasteiger charge is 2.20. The number of urea groups is 1. The summed E-state index contributed by atoms with van der Waals surface area (Å²) >= 11 is 0. The summed E-state index contributed by atoms with van der Waals surface area (Å²) in [7, 11) is 1.82. The topological polar surface area (TPSA) is 32.3 Å². The first kappa shape index (κ1) is 8.35. The molecule has 2 amide bonds. The maximum atomic E-state index is 11.3. The van der Waals surface area contributed by atoms with Gasteiger partial charge in [0.15, 0.2) is 0 Å². The largest absolute Gasteiger partial charge is 0.323 e. The normalized spacial score (nSPS) is 22.5. The molecule has 0 atom stereocenters. The van der Waals surface area contributed by atoms with Crippen molar-refractivity contribution in [1.82, 2.24) is 10.2 Å². The van der Waals surface area contributed by atoms with Crippen LogP contribution in [0.4, 0.5) is 4.79 Å². The lowest BCUT2D eigenvalue weighted by molar-refractivity contribution is 0.211. The van der Waals surface area contributed by atoms with Crippen molar-refractivity contribution in [3.05, 3.63) is 23.4 Å². The van der Waals surface area contributed by atoms with Gasteiger partial charge in [0.1, 0.15) is 0 Å². The van der Waals surface area contributed by atoms with Crippen molar-refractivity contribution in [3.8, 4) is 0 Å². The monoisotopic (exact) mass is 178 g/mol. The molecule has 0 aromatic heterocycles. The summed E-state index contributed by atoms with van der Waals surface area (Å²) in [6, 6.07) is 0.0223. The lowest BCUT2D eigenvalue weighted by Crippen LogP contribution is -2.42. The highest BCUT2D eigenvalue weighted by Crippen LogP contribution is 2.20. The van der Waals surface area contributed by atoms with Crippen molar-refractivity contribution in [1.29, 1.82) is 0 Å². The molecular weight excluding hydrogens is 164 g/mol. The van der Waals surface area contributed by atoms with Crippen LogP contribution in [0.15, 0.2) is 23.4 Å². The maximum Gasteiger partial charge on any atom is 0.321 e. The van der Waals surface area contributed by atoms with Gasteiger partial charge in [0.05, 0.1) is 0 Å². The van der Waals surface area contributed by atoms with Crippen LogP contribution in [0.5, 0.6) is 0 Å². The summed E-state index contributed by atoms with van der Waals surface area (Å²) in [5.74, 6) is 0. The van der Waals surface area contributed by atoms with Crippen LogP contribution in [0.2, 0.25) is 0 Å². The number of nitrogens with zero attached hydrogens (tertiary/aromatic N) is 1. The Kier molecular flexibility index (Phi) is 2.08. The van der Waals surface area contributed by atoms with E-state index < -0.39 is 0 Å². The van der Waals surface area contributed by atoms with Crippen LogP contribution in [-0.2, 0) is 0 Å². The first-order chi connectivity index (χ1) is 6.27. The Labute approximate surface area is 78.1 Å². The van der Waals surface area contributed by atoms with Gasteiger partial charge in [-0.1, -0.05) is 12.2 Å². The molecule has 13 heavy (non-hydrogen) atoms. The fourth-order valence-electron chi connectivity index (χ4n) is 1.73. The molecule has 0 bridgehead atoms. The minimum absolute atomic E-state index is 0.0223. The molecule has 0 unspecified atom stereocenters. The van der Waals surface area contributed by atoms with Crippen LogP contribution in [0.1, 0.15) is 19.3 Å². The van der Waals surface area contributed by atoms with E-state index in [2.05, 4.69) is 17.5 Å². The smallest absolute Gasteiger partial charge is 0.321 e. The van der Waals surface area contributed by atoms with Crippen molar-refractivity contribution in [3.63, 3.8) is 0 Å². The van der Waals surface area contributed by atoms with Crippen LogP contribution in [-0.4, -0.2) is 24.5 Å². The van der Waals surface area contributed by atoms with Crippen LogP contribution in [0, 0.1) is 0 Å². The van der Waals surface area contributed by atoms with Crippen molar-refractivity contribution >= 4 is 6.03 Å². The molecule has 3 nitrogen and oxygen atoms in total. The van der Waals surface area contributed by atoms with Gasteiger partial charge in [0, 0.05) is 19.3 Å². The van der Waals surface area contributed by atoms with Gasteiger partial charge >= 0.3 is 6.03 Å². The number of carbonyl (C=O) groups is 1. The third-order valence-corrected chi connectivity index (χ3v) is 2.52. The highest BCUT2D eigenvalue weighted by molar-refractivity contribution is 5.78. The van der Waals surface area contributed by atoms with Gasteiger partial charge in [-0.15, -0.1) is 0 Å². The summed E-state index contributed by atoms with van der Waals surface area (Å²) < 4.78 is 0. The fraction of sp³-hybridized carbons (Fsp3) is 0.500. The van der Waals surface area contributed by atoms with E-state index in [9.17, 15) is 4.79 Å². The number of carbonyl (C=O) groups excluding carboxylic acids is 1. The van der Waals surface area contributed by atoms with Gasteiger partial charge in [-0.25, -0.2) is 4.79 Å². The lowest BCUT2D eigenvalue weighted by Gasteiger charge is -2.26. The SMILES string of the molecule is CN1CC2=C(CCCC=C2)NC1=O. The van der Waals surface area contributed by atoms with Crippen molar-refractivity contribution in [2.75, 3.05) is 13.6 Å². The molecular formula is C10H14N2O. The predicted molar refractivity (Wildman–Crippen MR) is 51.2 cm³/mol. The molecule has 2 rings (SSSR count). The predicted octanol–water partition coefficient (Wildman–Crippen LogP) is 1.64. The first-order valence-corrected chi connectivity index (χ1v) is 4.68. The Bertz CT molecular complexity index is 291. The zero-order chi connectivity index (χ0) is 9.26. The minimum Gasteiger partial charge on any atom is -0.323 e. The Morgan fingerprint density at radius 3 is 3.23 bits per heavy atom. The number of hydrogen-bond acceptors (Lipinski definition) is 1. The van der Waals surface area contributed by atoms with E-state index in [0.717, 1.165) is 31.5 Å². The van der Waals surface area contributed by atoms with Crippen molar-refractivity contribution < 1.29 is 4.79 Å². The Hall–Kier alpha value is -1.25. The number of hydrogen-bond donors (Lipinski definition) is 1. The first-order valence-electron chi connectivity index (χ1n) is 4.68. The third kappa shape index (κ3) is 1.59. The number of rotatable bonds is 0. The van der Waals surface area contributed by atoms with Crippen LogP contribution >= 0.6 is 0 Å². The summed E-state index contributed by atoms with van der Waals surface area (Å²) in [6.45, 7) is 0.748. The zero-order valence-electron chi connectivity index (χ0n) is 7.84. The van der Waals surface area contributed by atoms with Gasteiger partial charge < -0.3 is 10.2 Å². The van der Waals surface area contributed by atoms with Gasteiger partial charge in [-0.05, 0) is 24.8 Å². The van der Waals surface area contributed by atoms with Gasteiger partial charge in [-0.2, -0.15) is 0 Å². The molecule has 0 saturated carbocycles. The highest BCUT2D eigenvalue weighted by atomic mass is 16.2. The van der Waals surface area contributed by atoms with Crippen LogP contribution in [0.25, 0.3) is 0 Å². The Morgan fingerprint density at radius 2 is 2.38 bits per heavy atom. The number of amides is 2. The van der Waals surface area contributed by atoms with E-state index >= 15 is 0 Å². The van der Waals surface area contributed by atoms with E-state index in [1.807, 2.05) is 7.05 Å². The summed E-state index contributed by atoms with van der Waals surface area (Å²) in [5, 5.41) is 2.92. The van der Waals surface area contributed by atoms with Gasteiger partial charge in [0.2, 0.25) is 0 Å². The van der Waals surface area contributed by atoms with E-state index in [0.29, 0.717) is 0 Å². The molecule has 1 N–H and O–H groups in total. The molecule has 3 heteroatoms. The van der Waals surface area contributed by atoms with Gasteiger partial charge in [0.25, 0.3) is 0 Å². The molecule has 70 valence electrons. The third-order valence-electron chi connectivity index (χ3n) is 2.52. The standard InChI is InChI=1S/C10H14N2O/c1-12-7-8-5-3-2-4-6-9(8)11-10(12)13/h3,5H,2,4,6-7H2,1H3,(H,11,13). The quantitative estimate of drug-likeness (QED) is 0.601. The van der Waals surface area contributed by atoms with Crippen molar-refractivity contribution in [2.45, 2.75) is 19.3 Å². The Balaban J connectivity index is 2.25. The van der Waals surface area contributed by atoms with Gasteiger partial charge in [-0.3, -0.25) is 0 Å². The molecule has 0 aromatic carbocycles. The number of likely N-dealkylation sites (N-methyl/N-ethyl adjacent to an activating group) is 1. The summed E-state index contributed by atoms with van der Waals surface area (Å²) in [5.41, 5.74) is 2.39. The molecule has 0 fully saturated rings. The zero-order valence-corrected chi connectivity index (χ0v) is 7.84. The van der Waals surface area contributed by atoms with E-state index in [1.54, 1.807) is 4.90 Å².